The molecule has 0 bridgehead atoms. The number of pyridine rings is 1. The molecule has 134 valence electrons. The monoisotopic (exact) mass is 342 g/mol. The molecular weight excluding hydrogens is 316 g/mol. The van der Waals surface area contributed by atoms with Crippen LogP contribution in [-0.2, 0) is 11.3 Å². The lowest BCUT2D eigenvalue weighted by molar-refractivity contribution is -0.132. The summed E-state index contributed by atoms with van der Waals surface area (Å²) in [6.07, 6.45) is 8.41. The van der Waals surface area contributed by atoms with Crippen LogP contribution in [0.25, 0.3) is 0 Å². The van der Waals surface area contributed by atoms with E-state index in [0.29, 0.717) is 12.6 Å². The molecule has 0 saturated carbocycles. The molecular formula is C18H26N6O. The number of nitrogens with zero attached hydrogens (tertiary/aromatic N) is 5. The maximum atomic E-state index is 12.4. The van der Waals surface area contributed by atoms with Crippen LogP contribution in [0.2, 0.25) is 0 Å². The van der Waals surface area contributed by atoms with Crippen molar-refractivity contribution in [3.8, 4) is 0 Å². The number of hydrogen-bond acceptors (Lipinski definition) is 5. The Labute approximate surface area is 148 Å². The molecule has 0 aliphatic carbocycles. The summed E-state index contributed by atoms with van der Waals surface area (Å²) in [7, 11) is 3.96. The maximum absolute atomic E-state index is 12.4. The molecule has 7 nitrogen and oxygen atoms in total. The first-order chi connectivity index (χ1) is 12.1. The highest BCUT2D eigenvalue weighted by molar-refractivity contribution is 5.75. The molecule has 0 aromatic carbocycles. The second-order valence-electron chi connectivity index (χ2n) is 6.66. The van der Waals surface area contributed by atoms with Gasteiger partial charge in [0, 0.05) is 45.6 Å². The average molecular weight is 342 g/mol. The van der Waals surface area contributed by atoms with E-state index in [4.69, 9.17) is 0 Å². The zero-order chi connectivity index (χ0) is 17.6. The van der Waals surface area contributed by atoms with Crippen LogP contribution in [0.3, 0.4) is 0 Å². The van der Waals surface area contributed by atoms with Crippen molar-refractivity contribution in [2.75, 3.05) is 37.4 Å². The molecule has 1 aliphatic heterocycles. The van der Waals surface area contributed by atoms with Crippen molar-refractivity contribution in [3.05, 3.63) is 36.8 Å². The number of rotatable bonds is 5. The number of amides is 1. The topological polar surface area (TPSA) is 66.3 Å². The second-order valence-corrected chi connectivity index (χ2v) is 6.66. The third-order valence-corrected chi connectivity index (χ3v) is 4.51. The molecule has 1 amide bonds. The van der Waals surface area contributed by atoms with Gasteiger partial charge in [-0.05, 0) is 37.5 Å². The van der Waals surface area contributed by atoms with Crippen molar-refractivity contribution in [2.45, 2.75) is 31.8 Å². The van der Waals surface area contributed by atoms with Gasteiger partial charge < -0.3 is 15.1 Å². The quantitative estimate of drug-likeness (QED) is 0.898. The molecule has 25 heavy (non-hydrogen) atoms. The SMILES string of the molecule is CN(C)c1ccc(N[C@@H]2CCCN(C(=O)Cn3cccn3)CC2)cn1. The van der Waals surface area contributed by atoms with Crippen LogP contribution in [0.4, 0.5) is 11.5 Å². The molecule has 1 atom stereocenters. The van der Waals surface area contributed by atoms with Crippen molar-refractivity contribution in [3.63, 3.8) is 0 Å². The standard InChI is InChI=1S/C18H26N6O/c1-22(2)17-7-6-16(13-19-17)21-15-5-3-10-23(12-8-15)18(25)14-24-11-4-9-20-24/h4,6-7,9,11,13,15,21H,3,5,8,10,12,14H2,1-2H3/t15-/m1/s1. The van der Waals surface area contributed by atoms with Crippen LogP contribution in [0.5, 0.6) is 0 Å². The Bertz CT molecular complexity index is 667. The van der Waals surface area contributed by atoms with E-state index in [9.17, 15) is 4.79 Å². The molecule has 3 heterocycles. The molecule has 1 fully saturated rings. The third kappa shape index (κ3) is 4.71. The van der Waals surface area contributed by atoms with Gasteiger partial charge in [0.1, 0.15) is 12.4 Å². The minimum Gasteiger partial charge on any atom is -0.381 e. The fourth-order valence-electron chi connectivity index (χ4n) is 3.09. The Morgan fingerprint density at radius 2 is 2.20 bits per heavy atom. The van der Waals surface area contributed by atoms with Gasteiger partial charge in [-0.2, -0.15) is 5.10 Å². The van der Waals surface area contributed by atoms with Crippen molar-refractivity contribution >= 4 is 17.4 Å². The Morgan fingerprint density at radius 1 is 1.32 bits per heavy atom. The molecule has 1 saturated heterocycles. The van der Waals surface area contributed by atoms with Gasteiger partial charge in [-0.25, -0.2) is 4.98 Å². The largest absolute Gasteiger partial charge is 0.381 e. The summed E-state index contributed by atoms with van der Waals surface area (Å²) in [5.41, 5.74) is 1.03. The highest BCUT2D eigenvalue weighted by Crippen LogP contribution is 2.18. The van der Waals surface area contributed by atoms with Gasteiger partial charge in [0.2, 0.25) is 5.91 Å². The van der Waals surface area contributed by atoms with Gasteiger partial charge in [-0.15, -0.1) is 0 Å². The van der Waals surface area contributed by atoms with E-state index in [2.05, 4.69) is 21.5 Å². The zero-order valence-electron chi connectivity index (χ0n) is 14.9. The van der Waals surface area contributed by atoms with Crippen molar-refractivity contribution < 1.29 is 4.79 Å². The van der Waals surface area contributed by atoms with Gasteiger partial charge in [0.25, 0.3) is 0 Å². The van der Waals surface area contributed by atoms with E-state index in [0.717, 1.165) is 43.9 Å². The Hall–Kier alpha value is -2.57. The molecule has 0 spiro atoms. The van der Waals surface area contributed by atoms with Gasteiger partial charge in [0.15, 0.2) is 0 Å². The summed E-state index contributed by atoms with van der Waals surface area (Å²) >= 11 is 0. The maximum Gasteiger partial charge on any atom is 0.244 e. The predicted octanol–water partition coefficient (Wildman–Crippen LogP) is 1.84. The van der Waals surface area contributed by atoms with E-state index in [1.165, 1.54) is 0 Å². The first kappa shape index (κ1) is 17.3. The first-order valence-corrected chi connectivity index (χ1v) is 8.77. The summed E-state index contributed by atoms with van der Waals surface area (Å²) in [6, 6.07) is 6.28. The number of aromatic nitrogens is 3. The molecule has 7 heteroatoms. The molecule has 1 N–H and O–H groups in total. The lowest BCUT2D eigenvalue weighted by Gasteiger charge is -2.21. The van der Waals surface area contributed by atoms with Gasteiger partial charge in [0.05, 0.1) is 11.9 Å². The minimum absolute atomic E-state index is 0.140. The number of carbonyl (C=O) groups excluding carboxylic acids is 1. The molecule has 2 aromatic rings. The number of carbonyl (C=O) groups is 1. The third-order valence-electron chi connectivity index (χ3n) is 4.51. The molecule has 2 aromatic heterocycles. The van der Waals surface area contributed by atoms with E-state index >= 15 is 0 Å². The molecule has 0 unspecified atom stereocenters. The Morgan fingerprint density at radius 3 is 2.88 bits per heavy atom. The van der Waals surface area contributed by atoms with Gasteiger partial charge in [-0.1, -0.05) is 0 Å². The zero-order valence-corrected chi connectivity index (χ0v) is 14.9. The van der Waals surface area contributed by atoms with Gasteiger partial charge in [-0.3, -0.25) is 9.48 Å². The second kappa shape index (κ2) is 8.00. The minimum atomic E-state index is 0.140. The van der Waals surface area contributed by atoms with Crippen LogP contribution in [-0.4, -0.2) is 58.8 Å². The van der Waals surface area contributed by atoms with Crippen LogP contribution in [0.1, 0.15) is 19.3 Å². The number of likely N-dealkylation sites (tertiary alicyclic amines) is 1. The van der Waals surface area contributed by atoms with E-state index in [1.54, 1.807) is 10.9 Å². The summed E-state index contributed by atoms with van der Waals surface area (Å²) in [5.74, 6) is 1.09. The van der Waals surface area contributed by atoms with E-state index in [1.807, 2.05) is 48.4 Å². The van der Waals surface area contributed by atoms with Gasteiger partial charge >= 0.3 is 0 Å². The van der Waals surface area contributed by atoms with Crippen LogP contribution >= 0.6 is 0 Å². The molecule has 0 radical (unpaired) electrons. The highest BCUT2D eigenvalue weighted by Gasteiger charge is 2.20. The summed E-state index contributed by atoms with van der Waals surface area (Å²) in [4.78, 5) is 20.8. The van der Waals surface area contributed by atoms with Crippen LogP contribution < -0.4 is 10.2 Å². The summed E-state index contributed by atoms with van der Waals surface area (Å²) < 4.78 is 1.68. The van der Waals surface area contributed by atoms with Crippen molar-refractivity contribution in [2.24, 2.45) is 0 Å². The smallest absolute Gasteiger partial charge is 0.244 e. The fourth-order valence-corrected chi connectivity index (χ4v) is 3.09. The number of hydrogen-bond donors (Lipinski definition) is 1. The highest BCUT2D eigenvalue weighted by atomic mass is 16.2. The predicted molar refractivity (Wildman–Crippen MR) is 98.6 cm³/mol. The normalized spacial score (nSPS) is 17.8. The Kier molecular flexibility index (Phi) is 5.53. The number of anilines is 2. The Balaban J connectivity index is 1.51. The molecule has 3 rings (SSSR count). The van der Waals surface area contributed by atoms with E-state index in [-0.39, 0.29) is 5.91 Å². The van der Waals surface area contributed by atoms with Crippen LogP contribution in [0, 0.1) is 0 Å². The van der Waals surface area contributed by atoms with Crippen LogP contribution in [0.15, 0.2) is 36.8 Å². The van der Waals surface area contributed by atoms with Crippen molar-refractivity contribution in [1.29, 1.82) is 0 Å². The lowest BCUT2D eigenvalue weighted by Crippen LogP contribution is -2.35. The van der Waals surface area contributed by atoms with Crippen molar-refractivity contribution in [1.82, 2.24) is 19.7 Å². The summed E-state index contributed by atoms with van der Waals surface area (Å²) in [5, 5.41) is 7.67. The lowest BCUT2D eigenvalue weighted by atomic mass is 10.1. The fraction of sp³-hybridized carbons (Fsp3) is 0.500. The first-order valence-electron chi connectivity index (χ1n) is 8.77. The molecule has 1 aliphatic rings. The summed E-state index contributed by atoms with van der Waals surface area (Å²) in [6.45, 7) is 1.91. The van der Waals surface area contributed by atoms with E-state index < -0.39 is 0 Å². The number of nitrogens with one attached hydrogen (secondary N) is 1. The average Bonchev–Trinajstić information content (AvgIpc) is 2.99.